The van der Waals surface area contributed by atoms with E-state index in [4.69, 9.17) is 5.11 Å². The molecular formula is C16H35NO2. The number of rotatable bonds is 4. The van der Waals surface area contributed by atoms with Crippen LogP contribution in [0.25, 0.3) is 0 Å². The summed E-state index contributed by atoms with van der Waals surface area (Å²) in [7, 11) is 0. The van der Waals surface area contributed by atoms with Gasteiger partial charge < -0.3 is 15.1 Å². The Morgan fingerprint density at radius 1 is 0.947 bits per heavy atom. The van der Waals surface area contributed by atoms with Crippen molar-refractivity contribution in [3.63, 3.8) is 0 Å². The van der Waals surface area contributed by atoms with E-state index in [9.17, 15) is 5.11 Å². The summed E-state index contributed by atoms with van der Waals surface area (Å²) in [6.45, 7) is 11.9. The molecule has 1 aliphatic heterocycles. The molecule has 0 aromatic heterocycles. The summed E-state index contributed by atoms with van der Waals surface area (Å²) >= 11 is 0. The third-order valence-electron chi connectivity index (χ3n) is 3.97. The second-order valence-electron chi connectivity index (χ2n) is 5.25. The van der Waals surface area contributed by atoms with Crippen LogP contribution in [0.2, 0.25) is 0 Å². The molecule has 0 spiro atoms. The molecule has 0 atom stereocenters. The van der Waals surface area contributed by atoms with Crippen molar-refractivity contribution in [3.05, 3.63) is 0 Å². The number of aliphatic hydroxyl groups is 2. The Morgan fingerprint density at radius 3 is 1.89 bits per heavy atom. The smallest absolute Gasteiger partial charge is 0.0546 e. The molecule has 0 amide bonds. The fourth-order valence-electron chi connectivity index (χ4n) is 2.85. The van der Waals surface area contributed by atoms with Gasteiger partial charge in [0, 0.05) is 13.2 Å². The van der Waals surface area contributed by atoms with Gasteiger partial charge in [-0.2, -0.15) is 0 Å². The molecule has 3 nitrogen and oxygen atoms in total. The molecule has 2 N–H and O–H groups in total. The van der Waals surface area contributed by atoms with Crippen molar-refractivity contribution in [3.8, 4) is 0 Å². The van der Waals surface area contributed by atoms with Gasteiger partial charge in [-0.1, -0.05) is 27.7 Å². The zero-order valence-electron chi connectivity index (χ0n) is 13.4. The molecule has 1 heterocycles. The van der Waals surface area contributed by atoms with Crippen LogP contribution in [0.15, 0.2) is 0 Å². The second kappa shape index (κ2) is 11.7. The van der Waals surface area contributed by atoms with E-state index in [0.29, 0.717) is 6.61 Å². The molecule has 1 saturated carbocycles. The number of likely N-dealkylation sites (tertiary alicyclic amines) is 1. The normalized spacial score (nSPS) is 27.5. The predicted octanol–water partition coefficient (Wildman–Crippen LogP) is 2.90. The van der Waals surface area contributed by atoms with E-state index in [-0.39, 0.29) is 6.10 Å². The first-order valence-corrected chi connectivity index (χ1v) is 8.29. The van der Waals surface area contributed by atoms with Gasteiger partial charge in [-0.3, -0.25) is 0 Å². The fraction of sp³-hybridized carbons (Fsp3) is 1.00. The summed E-state index contributed by atoms with van der Waals surface area (Å²) in [6.07, 6.45) is 5.48. The van der Waals surface area contributed by atoms with Crippen LogP contribution in [0.3, 0.4) is 0 Å². The Balaban J connectivity index is 0.000000741. The van der Waals surface area contributed by atoms with Crippen molar-refractivity contribution in [2.45, 2.75) is 65.9 Å². The fourth-order valence-corrected chi connectivity index (χ4v) is 2.85. The van der Waals surface area contributed by atoms with Crippen LogP contribution >= 0.6 is 0 Å². The number of piperidine rings is 1. The number of hydrogen-bond acceptors (Lipinski definition) is 3. The second-order valence-corrected chi connectivity index (χ2v) is 5.25. The quantitative estimate of drug-likeness (QED) is 0.828. The highest BCUT2D eigenvalue weighted by molar-refractivity contribution is 4.83. The minimum absolute atomic E-state index is 0.0121. The molecule has 0 bridgehead atoms. The van der Waals surface area contributed by atoms with Gasteiger partial charge in [-0.15, -0.1) is 0 Å². The number of hydrogen-bond donors (Lipinski definition) is 2. The first kappa shape index (κ1) is 18.9. The van der Waals surface area contributed by atoms with Crippen molar-refractivity contribution >= 4 is 0 Å². The largest absolute Gasteiger partial charge is 0.396 e. The Hall–Kier alpha value is -0.120. The van der Waals surface area contributed by atoms with Crippen molar-refractivity contribution in [2.24, 2.45) is 11.8 Å². The molecule has 0 unspecified atom stereocenters. The highest BCUT2D eigenvalue weighted by Gasteiger charge is 2.29. The highest BCUT2D eigenvalue weighted by atomic mass is 16.3. The van der Waals surface area contributed by atoms with E-state index in [1.165, 1.54) is 32.5 Å². The van der Waals surface area contributed by atoms with Crippen molar-refractivity contribution < 1.29 is 10.2 Å². The lowest BCUT2D eigenvalue weighted by Crippen LogP contribution is -2.42. The highest BCUT2D eigenvalue weighted by Crippen LogP contribution is 2.29. The lowest BCUT2D eigenvalue weighted by Gasteiger charge is -2.38. The summed E-state index contributed by atoms with van der Waals surface area (Å²) < 4.78 is 0. The van der Waals surface area contributed by atoms with E-state index < -0.39 is 0 Å². The molecular weight excluding hydrogens is 238 g/mol. The van der Waals surface area contributed by atoms with Gasteiger partial charge in [0.15, 0.2) is 0 Å². The molecule has 19 heavy (non-hydrogen) atoms. The van der Waals surface area contributed by atoms with E-state index in [0.717, 1.165) is 31.1 Å². The van der Waals surface area contributed by atoms with Gasteiger partial charge in [0.2, 0.25) is 0 Å². The zero-order chi connectivity index (χ0) is 14.7. The van der Waals surface area contributed by atoms with E-state index in [1.807, 2.05) is 27.7 Å². The summed E-state index contributed by atoms with van der Waals surface area (Å²) in [5.74, 6) is 1.49. The molecule has 0 aromatic carbocycles. The van der Waals surface area contributed by atoms with E-state index >= 15 is 0 Å². The third-order valence-corrected chi connectivity index (χ3v) is 3.97. The lowest BCUT2D eigenvalue weighted by atomic mass is 9.81. The zero-order valence-corrected chi connectivity index (χ0v) is 13.4. The van der Waals surface area contributed by atoms with Crippen LogP contribution in [0, 0.1) is 11.8 Å². The van der Waals surface area contributed by atoms with Crippen LogP contribution in [0.5, 0.6) is 0 Å². The van der Waals surface area contributed by atoms with Crippen molar-refractivity contribution in [1.82, 2.24) is 4.90 Å². The van der Waals surface area contributed by atoms with Crippen molar-refractivity contribution in [1.29, 1.82) is 0 Å². The third kappa shape index (κ3) is 7.28. The Bertz CT molecular complexity index is 185. The average molecular weight is 273 g/mol. The number of aliphatic hydroxyl groups excluding tert-OH is 2. The van der Waals surface area contributed by atoms with Gasteiger partial charge in [-0.05, 0) is 57.0 Å². The summed E-state index contributed by atoms with van der Waals surface area (Å²) in [5, 5.41) is 18.1. The molecule has 2 fully saturated rings. The maximum Gasteiger partial charge on any atom is 0.0546 e. The molecule has 1 saturated heterocycles. The van der Waals surface area contributed by atoms with Crippen LogP contribution < -0.4 is 0 Å². The molecule has 2 rings (SSSR count). The van der Waals surface area contributed by atoms with Crippen LogP contribution in [0.4, 0.5) is 0 Å². The summed E-state index contributed by atoms with van der Waals surface area (Å²) in [6, 6.07) is 0. The monoisotopic (exact) mass is 273 g/mol. The maximum absolute atomic E-state index is 9.21. The Labute approximate surface area is 120 Å². The lowest BCUT2D eigenvalue weighted by molar-refractivity contribution is 0.0177. The summed E-state index contributed by atoms with van der Waals surface area (Å²) in [4.78, 5) is 2.53. The molecule has 2 aliphatic rings. The Kier molecular flexibility index (Phi) is 11.6. The van der Waals surface area contributed by atoms with Gasteiger partial charge >= 0.3 is 0 Å². The van der Waals surface area contributed by atoms with E-state index in [1.54, 1.807) is 0 Å². The maximum atomic E-state index is 9.21. The molecule has 0 radical (unpaired) electrons. The molecule has 116 valence electrons. The Morgan fingerprint density at radius 2 is 1.47 bits per heavy atom. The summed E-state index contributed by atoms with van der Waals surface area (Å²) in [5.41, 5.74) is 0. The number of nitrogens with zero attached hydrogens (tertiary/aromatic N) is 1. The van der Waals surface area contributed by atoms with Crippen molar-refractivity contribution in [2.75, 3.05) is 26.2 Å². The van der Waals surface area contributed by atoms with Crippen LogP contribution in [-0.2, 0) is 0 Å². The average Bonchev–Trinajstić information content (AvgIpc) is 2.44. The van der Waals surface area contributed by atoms with E-state index in [2.05, 4.69) is 4.90 Å². The molecule has 1 aliphatic carbocycles. The predicted molar refractivity (Wildman–Crippen MR) is 82.3 cm³/mol. The topological polar surface area (TPSA) is 43.7 Å². The first-order valence-electron chi connectivity index (χ1n) is 8.29. The minimum atomic E-state index is -0.0121. The van der Waals surface area contributed by atoms with Crippen LogP contribution in [-0.4, -0.2) is 47.5 Å². The minimum Gasteiger partial charge on any atom is -0.396 e. The van der Waals surface area contributed by atoms with Gasteiger partial charge in [0.05, 0.1) is 6.10 Å². The molecule has 0 aromatic rings. The van der Waals surface area contributed by atoms with Crippen LogP contribution in [0.1, 0.15) is 59.8 Å². The van der Waals surface area contributed by atoms with Gasteiger partial charge in [0.1, 0.15) is 0 Å². The standard InChI is InChI=1S/C12H23NO2.2C2H6/c14-6-3-10-1-4-13(5-2-10)9-11-7-12(15)8-11;2*1-2/h10-12,14-15H,1-9H2;2*1-2H3. The first-order chi connectivity index (χ1) is 9.28. The SMILES string of the molecule is CC.CC.OCCC1CCN(CC2CC(O)C2)CC1. The molecule has 3 heteroatoms. The van der Waals surface area contributed by atoms with Gasteiger partial charge in [0.25, 0.3) is 0 Å². The van der Waals surface area contributed by atoms with Gasteiger partial charge in [-0.25, -0.2) is 0 Å².